The summed E-state index contributed by atoms with van der Waals surface area (Å²) >= 11 is 11.8. The summed E-state index contributed by atoms with van der Waals surface area (Å²) in [6, 6.07) is 1.38. The molecule has 1 amide bonds. The molecular weight excluding hydrogens is 405 g/mol. The maximum absolute atomic E-state index is 13.1. The second kappa shape index (κ2) is 9.25. The number of hydrogen-bond acceptors (Lipinski definition) is 5. The number of nitrogen functional groups attached to an aromatic ring is 1. The monoisotopic (exact) mass is 427 g/mol. The molecule has 0 aliphatic carbocycles. The maximum Gasteiger partial charge on any atom is 0.330 e. The van der Waals surface area contributed by atoms with Crippen LogP contribution in [0.2, 0.25) is 10.2 Å². The fraction of sp³-hybridized carbons (Fsp3) is 0.444. The van der Waals surface area contributed by atoms with Crippen LogP contribution in [0.5, 0.6) is 0 Å². The minimum atomic E-state index is -0.722. The Hall–Kier alpha value is -2.32. The van der Waals surface area contributed by atoms with Gasteiger partial charge in [-0.3, -0.25) is 19.1 Å². The number of rotatable bonds is 7. The SMILES string of the molecule is CCCCN(C(=O)c1cnc(Cl)c(Cl)c1)c1c(N)n(CC(C)C)c(=O)[nH]c1=O. The van der Waals surface area contributed by atoms with Gasteiger partial charge in [-0.1, -0.05) is 50.4 Å². The molecule has 3 N–H and O–H groups in total. The molecule has 0 atom stereocenters. The van der Waals surface area contributed by atoms with E-state index in [0.717, 1.165) is 6.42 Å². The number of nitrogens with two attached hydrogens (primary N) is 1. The van der Waals surface area contributed by atoms with E-state index in [4.69, 9.17) is 28.9 Å². The fourth-order valence-corrected chi connectivity index (χ4v) is 2.98. The summed E-state index contributed by atoms with van der Waals surface area (Å²) in [4.78, 5) is 45.3. The van der Waals surface area contributed by atoms with E-state index in [1.807, 2.05) is 20.8 Å². The average Bonchev–Trinajstić information content (AvgIpc) is 2.62. The van der Waals surface area contributed by atoms with Crippen LogP contribution in [0.15, 0.2) is 21.9 Å². The normalized spacial score (nSPS) is 11.1. The molecule has 0 saturated heterocycles. The largest absolute Gasteiger partial charge is 0.383 e. The van der Waals surface area contributed by atoms with Gasteiger partial charge >= 0.3 is 5.69 Å². The van der Waals surface area contributed by atoms with Crippen LogP contribution in [0, 0.1) is 5.92 Å². The third-order valence-electron chi connectivity index (χ3n) is 4.06. The van der Waals surface area contributed by atoms with Crippen LogP contribution in [-0.2, 0) is 6.54 Å². The van der Waals surface area contributed by atoms with Crippen LogP contribution in [0.1, 0.15) is 44.0 Å². The first-order chi connectivity index (χ1) is 13.2. The van der Waals surface area contributed by atoms with Crippen molar-refractivity contribution in [2.45, 2.75) is 40.2 Å². The molecular formula is C18H23Cl2N5O3. The highest BCUT2D eigenvalue weighted by atomic mass is 35.5. The Morgan fingerprint density at radius 1 is 1.36 bits per heavy atom. The van der Waals surface area contributed by atoms with Gasteiger partial charge in [0.15, 0.2) is 5.69 Å². The Kier molecular flexibility index (Phi) is 7.26. The first kappa shape index (κ1) is 22.0. The molecule has 0 unspecified atom stereocenters. The van der Waals surface area contributed by atoms with E-state index in [1.54, 1.807) is 0 Å². The Morgan fingerprint density at radius 2 is 2.04 bits per heavy atom. The number of carbonyl (C=O) groups excluding carboxylic acids is 1. The number of pyridine rings is 1. The smallest absolute Gasteiger partial charge is 0.330 e. The van der Waals surface area contributed by atoms with Gasteiger partial charge in [0.05, 0.1) is 10.6 Å². The van der Waals surface area contributed by atoms with Gasteiger partial charge in [-0.25, -0.2) is 9.78 Å². The van der Waals surface area contributed by atoms with E-state index >= 15 is 0 Å². The van der Waals surface area contributed by atoms with Crippen molar-refractivity contribution >= 4 is 40.6 Å². The third-order valence-corrected chi connectivity index (χ3v) is 4.74. The van der Waals surface area contributed by atoms with Crippen LogP contribution in [0.3, 0.4) is 0 Å². The molecule has 2 heterocycles. The van der Waals surface area contributed by atoms with Crippen molar-refractivity contribution < 1.29 is 4.79 Å². The number of unbranched alkanes of at least 4 members (excludes halogenated alkanes) is 1. The van der Waals surface area contributed by atoms with Gasteiger partial charge in [-0.15, -0.1) is 0 Å². The summed E-state index contributed by atoms with van der Waals surface area (Å²) < 4.78 is 1.26. The van der Waals surface area contributed by atoms with Crippen molar-refractivity contribution in [2.75, 3.05) is 17.2 Å². The minimum Gasteiger partial charge on any atom is -0.383 e. The number of amides is 1. The predicted octanol–water partition coefficient (Wildman–Crippen LogP) is 2.92. The topological polar surface area (TPSA) is 114 Å². The second-order valence-electron chi connectivity index (χ2n) is 6.80. The zero-order chi connectivity index (χ0) is 21.0. The molecule has 8 nitrogen and oxygen atoms in total. The van der Waals surface area contributed by atoms with Crippen molar-refractivity contribution in [3.8, 4) is 0 Å². The van der Waals surface area contributed by atoms with E-state index in [0.29, 0.717) is 13.0 Å². The molecule has 0 spiro atoms. The summed E-state index contributed by atoms with van der Waals surface area (Å²) in [5.41, 5.74) is 4.92. The van der Waals surface area contributed by atoms with Crippen LogP contribution in [0.25, 0.3) is 0 Å². The summed E-state index contributed by atoms with van der Waals surface area (Å²) in [7, 11) is 0. The lowest BCUT2D eigenvalue weighted by molar-refractivity contribution is 0.0986. The molecule has 0 bridgehead atoms. The second-order valence-corrected chi connectivity index (χ2v) is 7.57. The zero-order valence-corrected chi connectivity index (χ0v) is 17.5. The van der Waals surface area contributed by atoms with Crippen molar-refractivity contribution in [1.29, 1.82) is 0 Å². The Balaban J connectivity index is 2.62. The number of H-pyrrole nitrogens is 1. The molecule has 2 aromatic heterocycles. The number of carbonyl (C=O) groups is 1. The average molecular weight is 428 g/mol. The van der Waals surface area contributed by atoms with Crippen molar-refractivity contribution in [3.05, 3.63) is 48.8 Å². The third kappa shape index (κ3) is 4.74. The highest BCUT2D eigenvalue weighted by Gasteiger charge is 2.25. The Morgan fingerprint density at radius 3 is 2.61 bits per heavy atom. The minimum absolute atomic E-state index is 0.0556. The van der Waals surface area contributed by atoms with Gasteiger partial charge in [-0.2, -0.15) is 0 Å². The zero-order valence-electron chi connectivity index (χ0n) is 16.0. The standard InChI is InChI=1S/C18H23Cl2N5O3/c1-4-5-6-24(17(27)11-7-12(19)14(20)22-8-11)13-15(21)25(9-10(2)3)18(28)23-16(13)26/h7-8,10H,4-6,9,21H2,1-3H3,(H,23,26,28). The maximum atomic E-state index is 13.1. The lowest BCUT2D eigenvalue weighted by Gasteiger charge is -2.25. The number of aromatic amines is 1. The lowest BCUT2D eigenvalue weighted by Crippen LogP contribution is -2.42. The van der Waals surface area contributed by atoms with Gasteiger partial charge in [0, 0.05) is 19.3 Å². The number of hydrogen-bond donors (Lipinski definition) is 2. The number of aromatic nitrogens is 3. The van der Waals surface area contributed by atoms with Gasteiger partial charge in [0.1, 0.15) is 11.0 Å². The van der Waals surface area contributed by atoms with Crippen molar-refractivity contribution in [3.63, 3.8) is 0 Å². The number of halogens is 2. The van der Waals surface area contributed by atoms with Crippen LogP contribution >= 0.6 is 23.2 Å². The molecule has 2 aromatic rings. The molecule has 0 radical (unpaired) electrons. The van der Waals surface area contributed by atoms with Gasteiger partial charge < -0.3 is 10.6 Å². The first-order valence-electron chi connectivity index (χ1n) is 8.92. The summed E-state index contributed by atoms with van der Waals surface area (Å²) in [6.07, 6.45) is 2.69. The van der Waals surface area contributed by atoms with Crippen LogP contribution in [0.4, 0.5) is 11.5 Å². The van der Waals surface area contributed by atoms with Crippen LogP contribution in [-0.4, -0.2) is 27.0 Å². The first-order valence-corrected chi connectivity index (χ1v) is 9.68. The van der Waals surface area contributed by atoms with Crippen molar-refractivity contribution in [1.82, 2.24) is 14.5 Å². The fourth-order valence-electron chi connectivity index (χ4n) is 2.71. The number of nitrogens with one attached hydrogen (secondary N) is 1. The summed E-state index contributed by atoms with van der Waals surface area (Å²) in [5, 5.41) is 0.191. The molecule has 10 heteroatoms. The highest BCUT2D eigenvalue weighted by molar-refractivity contribution is 6.41. The van der Waals surface area contributed by atoms with E-state index in [-0.39, 0.29) is 39.7 Å². The predicted molar refractivity (Wildman–Crippen MR) is 111 cm³/mol. The van der Waals surface area contributed by atoms with E-state index in [2.05, 4.69) is 9.97 Å². The molecule has 0 aliphatic heterocycles. The Bertz CT molecular complexity index is 984. The molecule has 2 rings (SSSR count). The highest BCUT2D eigenvalue weighted by Crippen LogP contribution is 2.24. The van der Waals surface area contributed by atoms with E-state index in [1.165, 1.54) is 21.7 Å². The van der Waals surface area contributed by atoms with Gasteiger partial charge in [0.25, 0.3) is 11.5 Å². The van der Waals surface area contributed by atoms with E-state index < -0.39 is 17.2 Å². The lowest BCUT2D eigenvalue weighted by atomic mass is 10.2. The van der Waals surface area contributed by atoms with Gasteiger partial charge in [-0.05, 0) is 18.4 Å². The molecule has 0 aliphatic rings. The molecule has 0 aromatic carbocycles. The van der Waals surface area contributed by atoms with E-state index in [9.17, 15) is 14.4 Å². The quantitative estimate of drug-likeness (QED) is 0.659. The molecule has 28 heavy (non-hydrogen) atoms. The van der Waals surface area contributed by atoms with Gasteiger partial charge in [0.2, 0.25) is 0 Å². The Labute approximate surface area is 172 Å². The van der Waals surface area contributed by atoms with Crippen molar-refractivity contribution in [2.24, 2.45) is 5.92 Å². The summed E-state index contributed by atoms with van der Waals surface area (Å²) in [6.45, 7) is 6.33. The molecule has 152 valence electrons. The molecule has 0 saturated carbocycles. The molecule has 0 fully saturated rings. The van der Waals surface area contributed by atoms with Crippen LogP contribution < -0.4 is 21.9 Å². The number of nitrogens with zero attached hydrogens (tertiary/aromatic N) is 3. The summed E-state index contributed by atoms with van der Waals surface area (Å²) in [5.74, 6) is -0.454. The number of anilines is 2.